The minimum absolute atomic E-state index is 0.0260. The Labute approximate surface area is 174 Å². The lowest BCUT2D eigenvalue weighted by molar-refractivity contribution is -0.116. The second kappa shape index (κ2) is 10.8. The topological polar surface area (TPSA) is 67.4 Å². The lowest BCUT2D eigenvalue weighted by Crippen LogP contribution is -2.27. The molecule has 0 aliphatic heterocycles. The molecule has 154 valence electrons. The van der Waals surface area contributed by atoms with Crippen molar-refractivity contribution in [3.05, 3.63) is 95.8 Å². The van der Waals surface area contributed by atoms with Gasteiger partial charge in [0.25, 0.3) is 5.91 Å². The Morgan fingerprint density at radius 3 is 2.37 bits per heavy atom. The van der Waals surface area contributed by atoms with Gasteiger partial charge in [-0.05, 0) is 36.2 Å². The number of halogens is 1. The molecule has 30 heavy (non-hydrogen) atoms. The molecule has 2 amide bonds. The van der Waals surface area contributed by atoms with Crippen LogP contribution >= 0.6 is 0 Å². The molecule has 0 bridgehead atoms. The average molecular weight is 406 g/mol. The highest BCUT2D eigenvalue weighted by atomic mass is 19.1. The van der Waals surface area contributed by atoms with Crippen LogP contribution in [0, 0.1) is 5.82 Å². The zero-order valence-corrected chi connectivity index (χ0v) is 16.4. The van der Waals surface area contributed by atoms with Gasteiger partial charge in [-0.3, -0.25) is 9.59 Å². The highest BCUT2D eigenvalue weighted by molar-refractivity contribution is 6.03. The maximum atomic E-state index is 13.5. The van der Waals surface area contributed by atoms with Crippen LogP contribution in [-0.4, -0.2) is 25.0 Å². The summed E-state index contributed by atoms with van der Waals surface area (Å²) in [6.45, 7) is 0.514. The van der Waals surface area contributed by atoms with Crippen LogP contribution < -0.4 is 15.4 Å². The summed E-state index contributed by atoms with van der Waals surface area (Å²) in [5.74, 6) is -0.959. The predicted molar refractivity (Wildman–Crippen MR) is 114 cm³/mol. The molecule has 0 spiro atoms. The maximum absolute atomic E-state index is 13.5. The first-order valence-electron chi connectivity index (χ1n) is 9.72. The van der Waals surface area contributed by atoms with Crippen molar-refractivity contribution in [3.63, 3.8) is 0 Å². The Morgan fingerprint density at radius 2 is 1.57 bits per heavy atom. The lowest BCUT2D eigenvalue weighted by Gasteiger charge is -2.12. The highest BCUT2D eigenvalue weighted by Crippen LogP contribution is 2.17. The maximum Gasteiger partial charge on any atom is 0.253 e. The second-order valence-electron chi connectivity index (χ2n) is 6.61. The number of carbonyl (C=O) groups is 2. The van der Waals surface area contributed by atoms with Gasteiger partial charge in [0.15, 0.2) is 11.6 Å². The quantitative estimate of drug-likeness (QED) is 0.560. The number of rotatable bonds is 9. The molecule has 0 radical (unpaired) electrons. The van der Waals surface area contributed by atoms with E-state index in [1.165, 1.54) is 12.1 Å². The van der Waals surface area contributed by atoms with Crippen molar-refractivity contribution >= 4 is 17.5 Å². The smallest absolute Gasteiger partial charge is 0.253 e. The van der Waals surface area contributed by atoms with Crippen LogP contribution in [0.1, 0.15) is 22.3 Å². The number of hydrogen-bond acceptors (Lipinski definition) is 3. The zero-order chi connectivity index (χ0) is 21.2. The van der Waals surface area contributed by atoms with E-state index < -0.39 is 5.82 Å². The van der Waals surface area contributed by atoms with Gasteiger partial charge in [0, 0.05) is 6.54 Å². The summed E-state index contributed by atoms with van der Waals surface area (Å²) >= 11 is 0. The van der Waals surface area contributed by atoms with Crippen LogP contribution in [0.5, 0.6) is 5.75 Å². The van der Waals surface area contributed by atoms with Gasteiger partial charge in [-0.25, -0.2) is 4.39 Å². The van der Waals surface area contributed by atoms with Crippen LogP contribution in [0.2, 0.25) is 0 Å². The Bertz CT molecular complexity index is 993. The minimum atomic E-state index is -0.476. The third-order valence-electron chi connectivity index (χ3n) is 4.41. The number of para-hydroxylation sites is 2. The van der Waals surface area contributed by atoms with E-state index in [0.717, 1.165) is 5.56 Å². The van der Waals surface area contributed by atoms with E-state index >= 15 is 0 Å². The van der Waals surface area contributed by atoms with Crippen molar-refractivity contribution < 1.29 is 18.7 Å². The van der Waals surface area contributed by atoms with Gasteiger partial charge in [0.05, 0.1) is 24.3 Å². The van der Waals surface area contributed by atoms with Gasteiger partial charge >= 0.3 is 0 Å². The van der Waals surface area contributed by atoms with Crippen molar-refractivity contribution in [3.8, 4) is 5.75 Å². The molecule has 0 aliphatic rings. The number of nitrogens with one attached hydrogen (secondary N) is 2. The normalized spacial score (nSPS) is 10.3. The van der Waals surface area contributed by atoms with E-state index in [4.69, 9.17) is 4.74 Å². The van der Waals surface area contributed by atoms with Crippen LogP contribution in [0.4, 0.5) is 10.1 Å². The molecular formula is C24H23FN2O3. The summed E-state index contributed by atoms with van der Waals surface area (Å²) < 4.78 is 18.8. The molecule has 0 atom stereocenters. The number of benzene rings is 3. The van der Waals surface area contributed by atoms with Crippen molar-refractivity contribution in [2.45, 2.75) is 12.8 Å². The number of anilines is 1. The predicted octanol–water partition coefficient (Wildman–Crippen LogP) is 4.21. The zero-order valence-electron chi connectivity index (χ0n) is 16.4. The van der Waals surface area contributed by atoms with Crippen molar-refractivity contribution in [2.75, 3.05) is 18.5 Å². The minimum Gasteiger partial charge on any atom is -0.490 e. The van der Waals surface area contributed by atoms with E-state index in [-0.39, 0.29) is 30.6 Å². The monoisotopic (exact) mass is 406 g/mol. The van der Waals surface area contributed by atoms with Crippen molar-refractivity contribution in [1.82, 2.24) is 5.32 Å². The molecule has 0 aliphatic carbocycles. The molecule has 3 rings (SSSR count). The van der Waals surface area contributed by atoms with Gasteiger partial charge in [-0.2, -0.15) is 0 Å². The number of hydrogen-bond donors (Lipinski definition) is 2. The van der Waals surface area contributed by atoms with Gasteiger partial charge in [0.1, 0.15) is 0 Å². The Hall–Kier alpha value is -3.67. The molecule has 6 heteroatoms. The van der Waals surface area contributed by atoms with E-state index in [1.807, 2.05) is 30.3 Å². The molecule has 0 saturated carbocycles. The van der Waals surface area contributed by atoms with Crippen LogP contribution in [0.3, 0.4) is 0 Å². The first-order valence-corrected chi connectivity index (χ1v) is 9.72. The molecule has 5 nitrogen and oxygen atoms in total. The number of carbonyl (C=O) groups excluding carboxylic acids is 2. The third kappa shape index (κ3) is 6.17. The van der Waals surface area contributed by atoms with Crippen molar-refractivity contribution in [1.29, 1.82) is 0 Å². The summed E-state index contributed by atoms with van der Waals surface area (Å²) in [5, 5.41) is 5.60. The Morgan fingerprint density at radius 1 is 0.867 bits per heavy atom. The average Bonchev–Trinajstić information content (AvgIpc) is 2.76. The molecule has 0 saturated heterocycles. The Balaban J connectivity index is 1.50. The molecule has 0 aromatic heterocycles. The molecule has 0 fully saturated rings. The third-order valence-corrected chi connectivity index (χ3v) is 4.41. The highest BCUT2D eigenvalue weighted by Gasteiger charge is 2.13. The van der Waals surface area contributed by atoms with E-state index in [2.05, 4.69) is 10.6 Å². The van der Waals surface area contributed by atoms with Gasteiger partial charge in [-0.15, -0.1) is 0 Å². The fourth-order valence-corrected chi connectivity index (χ4v) is 2.88. The standard InChI is InChI=1S/C24H23FN2O3/c25-20-11-5-7-13-22(20)30-17-15-23(28)27-21-12-6-4-10-19(21)24(29)26-16-14-18-8-2-1-3-9-18/h1-13H,14-17H2,(H,26,29)(H,27,28). The molecular weight excluding hydrogens is 383 g/mol. The molecule has 3 aromatic rings. The molecule has 2 N–H and O–H groups in total. The first kappa shape index (κ1) is 21.0. The van der Waals surface area contributed by atoms with Gasteiger partial charge in [-0.1, -0.05) is 54.6 Å². The van der Waals surface area contributed by atoms with Crippen molar-refractivity contribution in [2.24, 2.45) is 0 Å². The fraction of sp³-hybridized carbons (Fsp3) is 0.167. The summed E-state index contributed by atoms with van der Waals surface area (Å²) in [7, 11) is 0. The SMILES string of the molecule is O=C(CCOc1ccccc1F)Nc1ccccc1C(=O)NCCc1ccccc1. The molecule has 0 heterocycles. The Kier molecular flexibility index (Phi) is 7.55. The van der Waals surface area contributed by atoms with Gasteiger partial charge in [0.2, 0.25) is 5.91 Å². The van der Waals surface area contributed by atoms with Gasteiger partial charge < -0.3 is 15.4 Å². The molecule has 0 unspecified atom stereocenters. The number of ether oxygens (including phenoxy) is 1. The van der Waals surface area contributed by atoms with Crippen LogP contribution in [0.15, 0.2) is 78.9 Å². The molecule has 3 aromatic carbocycles. The second-order valence-corrected chi connectivity index (χ2v) is 6.61. The lowest BCUT2D eigenvalue weighted by atomic mass is 10.1. The summed E-state index contributed by atoms with van der Waals surface area (Å²) in [6, 6.07) is 22.7. The van der Waals surface area contributed by atoms with E-state index in [1.54, 1.807) is 36.4 Å². The summed E-state index contributed by atoms with van der Waals surface area (Å²) in [6.07, 6.45) is 0.743. The largest absolute Gasteiger partial charge is 0.490 e. The summed E-state index contributed by atoms with van der Waals surface area (Å²) in [4.78, 5) is 24.8. The van der Waals surface area contributed by atoms with Crippen LogP contribution in [0.25, 0.3) is 0 Å². The van der Waals surface area contributed by atoms with Crippen LogP contribution in [-0.2, 0) is 11.2 Å². The van der Waals surface area contributed by atoms with E-state index in [9.17, 15) is 14.0 Å². The fourth-order valence-electron chi connectivity index (χ4n) is 2.88. The number of amides is 2. The summed E-state index contributed by atoms with van der Waals surface area (Å²) in [5.41, 5.74) is 1.94. The van der Waals surface area contributed by atoms with E-state index in [0.29, 0.717) is 24.2 Å². The first-order chi connectivity index (χ1) is 14.6.